The highest BCUT2D eigenvalue weighted by Crippen LogP contribution is 2.27. The molecule has 9 atom stereocenters. The van der Waals surface area contributed by atoms with Crippen molar-refractivity contribution in [1.82, 2.24) is 0 Å². The second-order valence-corrected chi connectivity index (χ2v) is 5.59. The number of aliphatic hydroxyl groups is 4. The summed E-state index contributed by atoms with van der Waals surface area (Å²) in [6.45, 7) is 3.35. The van der Waals surface area contributed by atoms with Gasteiger partial charge in [-0.2, -0.15) is 0 Å². The van der Waals surface area contributed by atoms with Crippen LogP contribution in [0.5, 0.6) is 0 Å². The molecule has 8 nitrogen and oxygen atoms in total. The molecule has 0 spiro atoms. The molecule has 0 aromatic heterocycles. The summed E-state index contributed by atoms with van der Waals surface area (Å²) in [6.07, 6.45) is -8.30. The molecule has 21 heavy (non-hydrogen) atoms. The van der Waals surface area contributed by atoms with Gasteiger partial charge >= 0.3 is 0 Å². The molecule has 0 bridgehead atoms. The Balaban J connectivity index is 2.01. The molecule has 124 valence electrons. The first-order chi connectivity index (χ1) is 9.86. The monoisotopic (exact) mass is 308 g/mol. The van der Waals surface area contributed by atoms with Gasteiger partial charge in [-0.3, -0.25) is 0 Å². The van der Waals surface area contributed by atoms with Gasteiger partial charge in [-0.05, 0) is 13.8 Å². The van der Waals surface area contributed by atoms with Crippen molar-refractivity contribution < 1.29 is 39.4 Å². The SMILES string of the molecule is COC1C(O)C(C)OC(OC2COC(C)C(O)C2O)C1O. The van der Waals surface area contributed by atoms with E-state index >= 15 is 0 Å². The van der Waals surface area contributed by atoms with Crippen molar-refractivity contribution in [2.45, 2.75) is 69.0 Å². The van der Waals surface area contributed by atoms with Gasteiger partial charge in [-0.25, -0.2) is 0 Å². The maximum atomic E-state index is 10.1. The Morgan fingerprint density at radius 1 is 0.905 bits per heavy atom. The van der Waals surface area contributed by atoms with Gasteiger partial charge in [0.05, 0.1) is 18.8 Å². The van der Waals surface area contributed by atoms with Crippen LogP contribution in [0.3, 0.4) is 0 Å². The molecule has 2 aliphatic rings. The minimum absolute atomic E-state index is 0.0700. The molecule has 0 aromatic carbocycles. The molecule has 0 saturated carbocycles. The third kappa shape index (κ3) is 3.38. The Morgan fingerprint density at radius 3 is 2.19 bits per heavy atom. The average Bonchev–Trinajstić information content (AvgIpc) is 2.46. The smallest absolute Gasteiger partial charge is 0.187 e. The van der Waals surface area contributed by atoms with Crippen LogP contribution in [0.25, 0.3) is 0 Å². The van der Waals surface area contributed by atoms with Gasteiger partial charge in [-0.1, -0.05) is 0 Å². The quantitative estimate of drug-likeness (QED) is 0.472. The van der Waals surface area contributed by atoms with E-state index in [1.54, 1.807) is 13.8 Å². The summed E-state index contributed by atoms with van der Waals surface area (Å²) in [4.78, 5) is 0. The van der Waals surface area contributed by atoms with E-state index in [0.29, 0.717) is 0 Å². The number of methoxy groups -OCH3 is 1. The number of hydrogen-bond donors (Lipinski definition) is 4. The molecule has 0 aromatic rings. The van der Waals surface area contributed by atoms with E-state index < -0.39 is 55.1 Å². The third-order valence-corrected chi connectivity index (χ3v) is 4.10. The first-order valence-electron chi connectivity index (χ1n) is 7.04. The molecular formula is C13H24O8. The molecule has 0 radical (unpaired) electrons. The standard InChI is InChI=1S/C13H24O8/c1-5-8(14)10(16)7(4-19-5)21-13-11(17)12(18-3)9(15)6(2)20-13/h5-17H,4H2,1-3H3. The van der Waals surface area contributed by atoms with Gasteiger partial charge in [0.25, 0.3) is 0 Å². The van der Waals surface area contributed by atoms with Crippen LogP contribution in [0.4, 0.5) is 0 Å². The van der Waals surface area contributed by atoms with Crippen molar-refractivity contribution in [3.8, 4) is 0 Å². The fraction of sp³-hybridized carbons (Fsp3) is 1.00. The lowest BCUT2D eigenvalue weighted by Gasteiger charge is -2.43. The summed E-state index contributed by atoms with van der Waals surface area (Å²) in [7, 11) is 1.37. The summed E-state index contributed by atoms with van der Waals surface area (Å²) in [5, 5.41) is 39.8. The number of hydrogen-bond acceptors (Lipinski definition) is 8. The zero-order chi connectivity index (χ0) is 15.7. The normalized spacial score (nSPS) is 51.9. The van der Waals surface area contributed by atoms with Crippen molar-refractivity contribution >= 4 is 0 Å². The molecule has 0 aliphatic carbocycles. The van der Waals surface area contributed by atoms with E-state index in [1.165, 1.54) is 7.11 Å². The van der Waals surface area contributed by atoms with Gasteiger partial charge in [0.1, 0.15) is 36.6 Å². The zero-order valence-electron chi connectivity index (χ0n) is 12.3. The summed E-state index contributed by atoms with van der Waals surface area (Å²) in [6, 6.07) is 0. The molecule has 2 rings (SSSR count). The Kier molecular flexibility index (Phi) is 5.55. The molecule has 2 heterocycles. The predicted molar refractivity (Wildman–Crippen MR) is 69.4 cm³/mol. The summed E-state index contributed by atoms with van der Waals surface area (Å²) in [5.41, 5.74) is 0. The first kappa shape index (κ1) is 17.0. The third-order valence-electron chi connectivity index (χ3n) is 4.10. The summed E-state index contributed by atoms with van der Waals surface area (Å²) >= 11 is 0. The molecule has 2 saturated heterocycles. The van der Waals surface area contributed by atoms with Crippen LogP contribution >= 0.6 is 0 Å². The van der Waals surface area contributed by atoms with Crippen LogP contribution in [0.1, 0.15) is 13.8 Å². The van der Waals surface area contributed by atoms with E-state index in [9.17, 15) is 20.4 Å². The van der Waals surface area contributed by atoms with Crippen molar-refractivity contribution in [3.05, 3.63) is 0 Å². The second kappa shape index (κ2) is 6.84. The maximum absolute atomic E-state index is 10.1. The molecule has 2 fully saturated rings. The number of ether oxygens (including phenoxy) is 4. The molecule has 2 aliphatic heterocycles. The lowest BCUT2D eigenvalue weighted by Crippen LogP contribution is -2.61. The van der Waals surface area contributed by atoms with E-state index in [1.807, 2.05) is 0 Å². The number of aliphatic hydroxyl groups excluding tert-OH is 4. The average molecular weight is 308 g/mol. The van der Waals surface area contributed by atoms with Gasteiger partial charge in [0.2, 0.25) is 0 Å². The lowest BCUT2D eigenvalue weighted by molar-refractivity contribution is -0.327. The maximum Gasteiger partial charge on any atom is 0.187 e. The van der Waals surface area contributed by atoms with Crippen LogP contribution in [-0.2, 0) is 18.9 Å². The lowest BCUT2D eigenvalue weighted by atomic mass is 9.98. The fourth-order valence-corrected chi connectivity index (χ4v) is 2.62. The van der Waals surface area contributed by atoms with Gasteiger partial charge < -0.3 is 39.4 Å². The van der Waals surface area contributed by atoms with Crippen LogP contribution < -0.4 is 0 Å². The molecule has 9 unspecified atom stereocenters. The highest BCUT2D eigenvalue weighted by atomic mass is 16.7. The van der Waals surface area contributed by atoms with E-state index in [4.69, 9.17) is 18.9 Å². The minimum Gasteiger partial charge on any atom is -0.388 e. The largest absolute Gasteiger partial charge is 0.388 e. The van der Waals surface area contributed by atoms with Crippen molar-refractivity contribution in [2.24, 2.45) is 0 Å². The van der Waals surface area contributed by atoms with Gasteiger partial charge in [0, 0.05) is 7.11 Å². The topological polar surface area (TPSA) is 118 Å². The van der Waals surface area contributed by atoms with Gasteiger partial charge in [0.15, 0.2) is 6.29 Å². The highest BCUT2D eigenvalue weighted by Gasteiger charge is 2.46. The Labute approximate surface area is 123 Å². The Hall–Kier alpha value is -0.320. The minimum atomic E-state index is -1.22. The van der Waals surface area contributed by atoms with Crippen molar-refractivity contribution in [1.29, 1.82) is 0 Å². The molecule has 0 amide bonds. The fourth-order valence-electron chi connectivity index (χ4n) is 2.62. The van der Waals surface area contributed by atoms with Crippen LogP contribution in [-0.4, -0.2) is 89.3 Å². The molecular weight excluding hydrogens is 284 g/mol. The Morgan fingerprint density at radius 2 is 1.57 bits per heavy atom. The van der Waals surface area contributed by atoms with Crippen LogP contribution in [0.2, 0.25) is 0 Å². The van der Waals surface area contributed by atoms with Crippen molar-refractivity contribution in [2.75, 3.05) is 13.7 Å². The summed E-state index contributed by atoms with van der Waals surface area (Å²) < 4.78 is 21.3. The predicted octanol–water partition coefficient (Wildman–Crippen LogP) is -2.01. The first-order valence-corrected chi connectivity index (χ1v) is 7.04. The Bertz CT molecular complexity index is 340. The van der Waals surface area contributed by atoms with Crippen molar-refractivity contribution in [3.63, 3.8) is 0 Å². The summed E-state index contributed by atoms with van der Waals surface area (Å²) in [5.74, 6) is 0. The highest BCUT2D eigenvalue weighted by molar-refractivity contribution is 4.91. The van der Waals surface area contributed by atoms with Gasteiger partial charge in [-0.15, -0.1) is 0 Å². The van der Waals surface area contributed by atoms with E-state index in [-0.39, 0.29) is 6.61 Å². The zero-order valence-corrected chi connectivity index (χ0v) is 12.3. The van der Waals surface area contributed by atoms with Crippen LogP contribution in [0.15, 0.2) is 0 Å². The molecule has 4 N–H and O–H groups in total. The molecule has 8 heteroatoms. The second-order valence-electron chi connectivity index (χ2n) is 5.59. The van der Waals surface area contributed by atoms with Crippen LogP contribution in [0, 0.1) is 0 Å². The van der Waals surface area contributed by atoms with E-state index in [2.05, 4.69) is 0 Å². The number of rotatable bonds is 3. The van der Waals surface area contributed by atoms with E-state index in [0.717, 1.165) is 0 Å².